The van der Waals surface area contributed by atoms with Crippen LogP contribution in [0.5, 0.6) is 0 Å². The van der Waals surface area contributed by atoms with E-state index in [9.17, 15) is 9.59 Å². The monoisotopic (exact) mass is 323 g/mol. The number of ether oxygens (including phenoxy) is 1. The maximum absolute atomic E-state index is 12.6. The summed E-state index contributed by atoms with van der Waals surface area (Å²) in [5, 5.41) is 3.45. The first-order valence-electron chi connectivity index (χ1n) is 7.67. The summed E-state index contributed by atoms with van der Waals surface area (Å²) in [6, 6.07) is 14.4. The molecule has 0 atom stereocenters. The topological polar surface area (TPSA) is 68.5 Å². The number of para-hydroxylation sites is 1. The average Bonchev–Trinajstić information content (AvgIpc) is 2.94. The number of rotatable bonds is 4. The molecule has 0 spiro atoms. The highest BCUT2D eigenvalue weighted by atomic mass is 16.5. The van der Waals surface area contributed by atoms with Gasteiger partial charge in [0.1, 0.15) is 11.3 Å². The van der Waals surface area contributed by atoms with Gasteiger partial charge in [0, 0.05) is 10.9 Å². The quantitative estimate of drug-likeness (QED) is 0.732. The predicted molar refractivity (Wildman–Crippen MR) is 91.3 cm³/mol. The molecule has 0 unspecified atom stereocenters. The number of esters is 1. The Hall–Kier alpha value is -3.08. The molecule has 3 rings (SSSR count). The van der Waals surface area contributed by atoms with E-state index in [0.29, 0.717) is 22.2 Å². The smallest absolute Gasteiger partial charge is 0.376 e. The van der Waals surface area contributed by atoms with E-state index in [1.165, 1.54) is 0 Å². The minimum Gasteiger partial charge on any atom is -0.460 e. The fourth-order valence-electron chi connectivity index (χ4n) is 2.52. The van der Waals surface area contributed by atoms with Crippen LogP contribution < -0.4 is 5.32 Å². The van der Waals surface area contributed by atoms with Crippen LogP contribution in [0, 0.1) is 6.92 Å². The highest BCUT2D eigenvalue weighted by Gasteiger charge is 2.23. The van der Waals surface area contributed by atoms with Crippen LogP contribution in [0.3, 0.4) is 0 Å². The molecule has 1 amide bonds. The number of amides is 1. The minimum absolute atomic E-state index is 0.0000146. The molecule has 24 heavy (non-hydrogen) atoms. The number of furan rings is 1. The Bertz CT molecular complexity index is 911. The van der Waals surface area contributed by atoms with E-state index < -0.39 is 5.97 Å². The van der Waals surface area contributed by atoms with Crippen molar-refractivity contribution in [2.24, 2.45) is 0 Å². The van der Waals surface area contributed by atoms with Crippen molar-refractivity contribution in [2.45, 2.75) is 13.8 Å². The second-order valence-electron chi connectivity index (χ2n) is 5.29. The number of hydrogen-bond donors (Lipinski definition) is 1. The fourth-order valence-corrected chi connectivity index (χ4v) is 2.52. The van der Waals surface area contributed by atoms with Gasteiger partial charge in [0.25, 0.3) is 5.91 Å². The van der Waals surface area contributed by atoms with Crippen LogP contribution in [0.2, 0.25) is 0 Å². The summed E-state index contributed by atoms with van der Waals surface area (Å²) in [6.45, 7) is 3.79. The lowest BCUT2D eigenvalue weighted by Gasteiger charge is -2.08. The number of fused-ring (bicyclic) bond motifs is 1. The van der Waals surface area contributed by atoms with Gasteiger partial charge in [-0.25, -0.2) is 4.79 Å². The van der Waals surface area contributed by atoms with Gasteiger partial charge in [0.15, 0.2) is 0 Å². The van der Waals surface area contributed by atoms with E-state index in [-0.39, 0.29) is 18.3 Å². The van der Waals surface area contributed by atoms with Gasteiger partial charge in [0.05, 0.1) is 6.61 Å². The van der Waals surface area contributed by atoms with Gasteiger partial charge in [-0.3, -0.25) is 4.79 Å². The van der Waals surface area contributed by atoms with Crippen LogP contribution in [0.25, 0.3) is 11.0 Å². The molecule has 1 heterocycles. The molecule has 0 saturated heterocycles. The summed E-state index contributed by atoms with van der Waals surface area (Å²) >= 11 is 0. The average molecular weight is 323 g/mol. The van der Waals surface area contributed by atoms with Gasteiger partial charge in [-0.2, -0.15) is 0 Å². The summed E-state index contributed by atoms with van der Waals surface area (Å²) in [7, 11) is 0. The number of aryl methyl sites for hydroxylation is 1. The first-order chi connectivity index (χ1) is 11.6. The molecule has 5 nitrogen and oxygen atoms in total. The van der Waals surface area contributed by atoms with Crippen molar-refractivity contribution in [2.75, 3.05) is 11.9 Å². The van der Waals surface area contributed by atoms with Crippen LogP contribution in [0.15, 0.2) is 52.9 Å². The number of hydrogen-bond acceptors (Lipinski definition) is 4. The van der Waals surface area contributed by atoms with Crippen molar-refractivity contribution < 1.29 is 18.7 Å². The second-order valence-corrected chi connectivity index (χ2v) is 5.29. The molecule has 0 saturated carbocycles. The van der Waals surface area contributed by atoms with Crippen molar-refractivity contribution in [3.05, 3.63) is 65.4 Å². The summed E-state index contributed by atoms with van der Waals surface area (Å²) < 4.78 is 10.6. The molecular weight excluding hydrogens is 306 g/mol. The molecule has 0 fully saturated rings. The lowest BCUT2D eigenvalue weighted by molar-refractivity contribution is 0.0494. The lowest BCUT2D eigenvalue weighted by Crippen LogP contribution is -2.15. The SMILES string of the molecule is CCOC(=O)c1oc2ccccc2c1NC(=O)c1ccccc1C. The Morgan fingerprint density at radius 3 is 2.54 bits per heavy atom. The molecule has 3 aromatic rings. The van der Waals surface area contributed by atoms with Gasteiger partial charge in [-0.05, 0) is 37.6 Å². The van der Waals surface area contributed by atoms with Crippen molar-refractivity contribution in [1.29, 1.82) is 0 Å². The third kappa shape index (κ3) is 2.88. The van der Waals surface area contributed by atoms with Crippen LogP contribution in [-0.2, 0) is 4.74 Å². The highest BCUT2D eigenvalue weighted by Crippen LogP contribution is 2.32. The van der Waals surface area contributed by atoms with Crippen LogP contribution in [0.1, 0.15) is 33.4 Å². The van der Waals surface area contributed by atoms with Crippen molar-refractivity contribution in [3.8, 4) is 0 Å². The molecule has 0 aliphatic rings. The van der Waals surface area contributed by atoms with Gasteiger partial charge in [0.2, 0.25) is 5.76 Å². The summed E-state index contributed by atoms with van der Waals surface area (Å²) in [4.78, 5) is 24.8. The van der Waals surface area contributed by atoms with Gasteiger partial charge in [-0.15, -0.1) is 0 Å². The number of carbonyl (C=O) groups is 2. The highest BCUT2D eigenvalue weighted by molar-refractivity contribution is 6.13. The van der Waals surface area contributed by atoms with Crippen molar-refractivity contribution in [3.63, 3.8) is 0 Å². The molecule has 1 N–H and O–H groups in total. The van der Waals surface area contributed by atoms with Crippen LogP contribution >= 0.6 is 0 Å². The van der Waals surface area contributed by atoms with E-state index in [1.54, 1.807) is 37.3 Å². The minimum atomic E-state index is -0.603. The zero-order valence-corrected chi connectivity index (χ0v) is 13.5. The lowest BCUT2D eigenvalue weighted by atomic mass is 10.1. The Labute approximate surface area is 139 Å². The molecule has 0 aliphatic carbocycles. The summed E-state index contributed by atoms with van der Waals surface area (Å²) in [5.74, 6) is -0.904. The third-order valence-corrected chi connectivity index (χ3v) is 3.68. The number of anilines is 1. The van der Waals surface area contributed by atoms with Gasteiger partial charge < -0.3 is 14.5 Å². The maximum Gasteiger partial charge on any atom is 0.376 e. The molecule has 5 heteroatoms. The molecule has 0 aliphatic heterocycles. The molecule has 1 aromatic heterocycles. The van der Waals surface area contributed by atoms with Crippen LogP contribution in [0.4, 0.5) is 5.69 Å². The molecule has 0 bridgehead atoms. The van der Waals surface area contributed by atoms with E-state index in [0.717, 1.165) is 5.56 Å². The second kappa shape index (κ2) is 6.58. The Balaban J connectivity index is 2.04. The van der Waals surface area contributed by atoms with Gasteiger partial charge in [-0.1, -0.05) is 30.3 Å². The van der Waals surface area contributed by atoms with Crippen molar-refractivity contribution >= 4 is 28.5 Å². The van der Waals surface area contributed by atoms with E-state index >= 15 is 0 Å². The zero-order valence-electron chi connectivity index (χ0n) is 13.5. The number of benzene rings is 2. The first-order valence-corrected chi connectivity index (χ1v) is 7.67. The maximum atomic E-state index is 12.6. The Kier molecular flexibility index (Phi) is 4.33. The zero-order chi connectivity index (χ0) is 17.1. The fraction of sp³-hybridized carbons (Fsp3) is 0.158. The van der Waals surface area contributed by atoms with E-state index in [2.05, 4.69) is 5.32 Å². The largest absolute Gasteiger partial charge is 0.460 e. The van der Waals surface area contributed by atoms with E-state index in [4.69, 9.17) is 9.15 Å². The first kappa shape index (κ1) is 15.8. The Morgan fingerprint density at radius 1 is 1.08 bits per heavy atom. The number of carbonyl (C=O) groups excluding carboxylic acids is 2. The van der Waals surface area contributed by atoms with Crippen molar-refractivity contribution in [1.82, 2.24) is 0 Å². The molecule has 122 valence electrons. The summed E-state index contributed by atoms with van der Waals surface area (Å²) in [5.41, 5.74) is 2.23. The summed E-state index contributed by atoms with van der Waals surface area (Å²) in [6.07, 6.45) is 0. The molecule has 2 aromatic carbocycles. The standard InChI is InChI=1S/C19H17NO4/c1-3-23-19(22)17-16(14-10-6-7-11-15(14)24-17)20-18(21)13-9-5-4-8-12(13)2/h4-11H,3H2,1-2H3,(H,20,21). The molecular formula is C19H17NO4. The van der Waals surface area contributed by atoms with E-state index in [1.807, 2.05) is 25.1 Å². The van der Waals surface area contributed by atoms with Crippen LogP contribution in [-0.4, -0.2) is 18.5 Å². The normalized spacial score (nSPS) is 10.6. The number of nitrogens with one attached hydrogen (secondary N) is 1. The third-order valence-electron chi connectivity index (χ3n) is 3.68. The van der Waals surface area contributed by atoms with Gasteiger partial charge >= 0.3 is 5.97 Å². The molecule has 0 radical (unpaired) electrons. The predicted octanol–water partition coefficient (Wildman–Crippen LogP) is 4.17. The Morgan fingerprint density at radius 2 is 1.79 bits per heavy atom.